The second-order valence-electron chi connectivity index (χ2n) is 7.88. The van der Waals surface area contributed by atoms with Gasteiger partial charge in [-0.1, -0.05) is 66.2 Å². The summed E-state index contributed by atoms with van der Waals surface area (Å²) in [5.74, 6) is 1.35. The van der Waals surface area contributed by atoms with E-state index in [0.29, 0.717) is 35.3 Å². The number of ether oxygens (including phenoxy) is 1. The van der Waals surface area contributed by atoms with Crippen molar-refractivity contribution in [1.82, 2.24) is 9.55 Å². The third-order valence-electron chi connectivity index (χ3n) is 5.54. The molecule has 168 valence electrons. The van der Waals surface area contributed by atoms with Crippen molar-refractivity contribution < 1.29 is 9.66 Å². The molecule has 0 aliphatic heterocycles. The molecule has 0 unspecified atom stereocenters. The third kappa shape index (κ3) is 4.63. The molecule has 0 saturated heterocycles. The van der Waals surface area contributed by atoms with E-state index >= 15 is 0 Å². The van der Waals surface area contributed by atoms with Crippen molar-refractivity contribution in [3.63, 3.8) is 0 Å². The zero-order valence-electron chi connectivity index (χ0n) is 18.1. The largest absolute Gasteiger partial charge is 0.489 e. The highest BCUT2D eigenvalue weighted by Gasteiger charge is 2.16. The van der Waals surface area contributed by atoms with Crippen LogP contribution in [-0.4, -0.2) is 14.5 Å². The van der Waals surface area contributed by atoms with Gasteiger partial charge in [0.1, 0.15) is 18.2 Å². The van der Waals surface area contributed by atoms with Crippen LogP contribution in [0.2, 0.25) is 5.02 Å². The fourth-order valence-corrected chi connectivity index (χ4v) is 3.98. The number of aromatic nitrogens is 2. The van der Waals surface area contributed by atoms with Gasteiger partial charge >= 0.3 is 0 Å². The van der Waals surface area contributed by atoms with Crippen LogP contribution in [0.3, 0.4) is 0 Å². The zero-order chi connectivity index (χ0) is 23.5. The Hall–Kier alpha value is -4.16. The molecule has 0 fully saturated rings. The molecule has 7 heteroatoms. The van der Waals surface area contributed by atoms with E-state index in [0.717, 1.165) is 22.2 Å². The highest BCUT2D eigenvalue weighted by molar-refractivity contribution is 6.30. The normalized spacial score (nSPS) is 11.0. The maximum Gasteiger partial charge on any atom is 0.270 e. The van der Waals surface area contributed by atoms with E-state index in [1.54, 1.807) is 12.1 Å². The number of fused-ring (bicyclic) bond motifs is 1. The minimum Gasteiger partial charge on any atom is -0.489 e. The van der Waals surface area contributed by atoms with Gasteiger partial charge in [-0.05, 0) is 35.4 Å². The number of halogens is 1. The lowest BCUT2D eigenvalue weighted by atomic mass is 10.1. The Morgan fingerprint density at radius 3 is 2.44 bits per heavy atom. The fourth-order valence-electron chi connectivity index (χ4n) is 3.85. The molecule has 0 N–H and O–H groups in total. The number of hydrogen-bond acceptors (Lipinski definition) is 4. The van der Waals surface area contributed by atoms with Crippen molar-refractivity contribution in [2.45, 2.75) is 13.2 Å². The van der Waals surface area contributed by atoms with E-state index in [1.807, 2.05) is 78.9 Å². The van der Waals surface area contributed by atoms with E-state index in [2.05, 4.69) is 4.57 Å². The Morgan fingerprint density at radius 2 is 1.68 bits per heavy atom. The second-order valence-corrected chi connectivity index (χ2v) is 8.32. The van der Waals surface area contributed by atoms with Gasteiger partial charge in [0, 0.05) is 35.3 Å². The molecule has 1 heterocycles. The summed E-state index contributed by atoms with van der Waals surface area (Å²) in [6.07, 6.45) is 0. The summed E-state index contributed by atoms with van der Waals surface area (Å²) in [5, 5.41) is 12.0. The molecule has 0 bridgehead atoms. The van der Waals surface area contributed by atoms with Crippen LogP contribution in [0.4, 0.5) is 5.69 Å². The lowest BCUT2D eigenvalue weighted by Gasteiger charge is -2.10. The first kappa shape index (κ1) is 21.7. The molecule has 0 aliphatic rings. The van der Waals surface area contributed by atoms with Crippen LogP contribution < -0.4 is 4.74 Å². The van der Waals surface area contributed by atoms with Crippen molar-refractivity contribution in [2.24, 2.45) is 0 Å². The quantitative estimate of drug-likeness (QED) is 0.192. The van der Waals surface area contributed by atoms with Gasteiger partial charge in [0.05, 0.1) is 16.0 Å². The standard InChI is InChI=1S/C27H20ClN3O3/c28-22-11-9-19(10-12-22)17-30-26-14-13-24(34-18-20-5-2-1-3-6-20)16-25(26)29-27(30)21-7-4-8-23(15-21)31(32)33/h1-16H,17-18H2. The van der Waals surface area contributed by atoms with Gasteiger partial charge in [0.25, 0.3) is 5.69 Å². The molecular formula is C27H20ClN3O3. The number of non-ortho nitro benzene ring substituents is 1. The van der Waals surface area contributed by atoms with Crippen LogP contribution in [0, 0.1) is 10.1 Å². The highest BCUT2D eigenvalue weighted by Crippen LogP contribution is 2.30. The maximum atomic E-state index is 11.3. The number of nitro groups is 1. The molecule has 0 radical (unpaired) electrons. The number of nitrogens with zero attached hydrogens (tertiary/aromatic N) is 3. The van der Waals surface area contributed by atoms with Crippen molar-refractivity contribution in [3.05, 3.63) is 123 Å². The maximum absolute atomic E-state index is 11.3. The monoisotopic (exact) mass is 469 g/mol. The molecular weight excluding hydrogens is 450 g/mol. The summed E-state index contributed by atoms with van der Waals surface area (Å²) in [6, 6.07) is 29.9. The van der Waals surface area contributed by atoms with Crippen molar-refractivity contribution in [1.29, 1.82) is 0 Å². The third-order valence-corrected chi connectivity index (χ3v) is 5.79. The van der Waals surface area contributed by atoms with Crippen LogP contribution in [-0.2, 0) is 13.2 Å². The lowest BCUT2D eigenvalue weighted by Crippen LogP contribution is -2.02. The molecule has 0 amide bonds. The Balaban J connectivity index is 1.55. The molecule has 0 spiro atoms. The molecule has 5 aromatic rings. The van der Waals surface area contributed by atoms with Crippen LogP contribution in [0.1, 0.15) is 11.1 Å². The Kier molecular flexibility index (Phi) is 5.97. The SMILES string of the molecule is O=[N+]([O-])c1cccc(-c2nc3cc(OCc4ccccc4)ccc3n2Cc2ccc(Cl)cc2)c1. The molecule has 34 heavy (non-hydrogen) atoms. The van der Waals surface area contributed by atoms with E-state index in [1.165, 1.54) is 6.07 Å². The average molecular weight is 470 g/mol. The first-order valence-electron chi connectivity index (χ1n) is 10.7. The summed E-state index contributed by atoms with van der Waals surface area (Å²) in [5.41, 5.74) is 4.47. The zero-order valence-corrected chi connectivity index (χ0v) is 18.9. The summed E-state index contributed by atoms with van der Waals surface area (Å²) in [7, 11) is 0. The van der Waals surface area contributed by atoms with Crippen LogP contribution in [0.15, 0.2) is 97.1 Å². The lowest BCUT2D eigenvalue weighted by molar-refractivity contribution is -0.384. The van der Waals surface area contributed by atoms with Gasteiger partial charge < -0.3 is 9.30 Å². The molecule has 0 aliphatic carbocycles. The number of rotatable bonds is 7. The number of hydrogen-bond donors (Lipinski definition) is 0. The highest BCUT2D eigenvalue weighted by atomic mass is 35.5. The number of benzene rings is 4. The summed E-state index contributed by atoms with van der Waals surface area (Å²) in [6.45, 7) is 0.992. The van der Waals surface area contributed by atoms with Gasteiger partial charge in [-0.25, -0.2) is 4.98 Å². The van der Waals surface area contributed by atoms with E-state index in [-0.39, 0.29) is 5.69 Å². The Labute approximate surface area is 201 Å². The minimum atomic E-state index is -0.398. The van der Waals surface area contributed by atoms with Crippen LogP contribution >= 0.6 is 11.6 Å². The molecule has 1 aromatic heterocycles. The second kappa shape index (κ2) is 9.37. The van der Waals surface area contributed by atoms with Crippen LogP contribution in [0.25, 0.3) is 22.4 Å². The first-order chi connectivity index (χ1) is 16.6. The van der Waals surface area contributed by atoms with Gasteiger partial charge in [-0.3, -0.25) is 10.1 Å². The van der Waals surface area contributed by atoms with Crippen molar-refractivity contribution in [2.75, 3.05) is 0 Å². The van der Waals surface area contributed by atoms with Gasteiger partial charge in [0.15, 0.2) is 0 Å². The van der Waals surface area contributed by atoms with Gasteiger partial charge in [-0.2, -0.15) is 0 Å². The smallest absolute Gasteiger partial charge is 0.270 e. The number of nitro benzene ring substituents is 1. The fraction of sp³-hybridized carbons (Fsp3) is 0.0741. The van der Waals surface area contributed by atoms with Gasteiger partial charge in [-0.15, -0.1) is 0 Å². The molecule has 6 nitrogen and oxygen atoms in total. The molecule has 0 atom stereocenters. The van der Waals surface area contributed by atoms with Gasteiger partial charge in [0.2, 0.25) is 0 Å². The van der Waals surface area contributed by atoms with Crippen molar-refractivity contribution >= 4 is 28.3 Å². The topological polar surface area (TPSA) is 70.2 Å². The van der Waals surface area contributed by atoms with Crippen molar-refractivity contribution in [3.8, 4) is 17.1 Å². The summed E-state index contributed by atoms with van der Waals surface area (Å²) >= 11 is 6.06. The Bertz CT molecular complexity index is 1460. The predicted octanol–water partition coefficient (Wildman–Crippen LogP) is 6.89. The first-order valence-corrected chi connectivity index (χ1v) is 11.1. The summed E-state index contributed by atoms with van der Waals surface area (Å²) < 4.78 is 8.04. The summed E-state index contributed by atoms with van der Waals surface area (Å²) in [4.78, 5) is 15.8. The number of imidazole rings is 1. The van der Waals surface area contributed by atoms with E-state index in [4.69, 9.17) is 21.3 Å². The van der Waals surface area contributed by atoms with E-state index < -0.39 is 4.92 Å². The Morgan fingerprint density at radius 1 is 0.882 bits per heavy atom. The minimum absolute atomic E-state index is 0.0227. The van der Waals surface area contributed by atoms with Crippen LogP contribution in [0.5, 0.6) is 5.75 Å². The average Bonchev–Trinajstić information content (AvgIpc) is 3.22. The van der Waals surface area contributed by atoms with E-state index in [9.17, 15) is 10.1 Å². The molecule has 4 aromatic carbocycles. The predicted molar refractivity (Wildman–Crippen MR) is 133 cm³/mol. The molecule has 5 rings (SSSR count). The molecule has 0 saturated carbocycles.